The van der Waals surface area contributed by atoms with Crippen molar-refractivity contribution < 1.29 is 8.42 Å². The van der Waals surface area contributed by atoms with Crippen LogP contribution in [0.2, 0.25) is 0 Å². The second kappa shape index (κ2) is 4.60. The van der Waals surface area contributed by atoms with Gasteiger partial charge in [-0.1, -0.05) is 12.1 Å². The Hall–Kier alpha value is -1.99. The molecule has 0 amide bonds. The molecule has 0 aliphatic rings. The highest BCUT2D eigenvalue weighted by Crippen LogP contribution is 2.24. The van der Waals surface area contributed by atoms with Crippen LogP contribution in [0.3, 0.4) is 0 Å². The zero-order valence-electron chi connectivity index (χ0n) is 9.65. The van der Waals surface area contributed by atoms with E-state index in [4.69, 9.17) is 0 Å². The summed E-state index contributed by atoms with van der Waals surface area (Å²) in [6, 6.07) is 6.77. The molecule has 96 valence electrons. The number of sulfonamides is 1. The van der Waals surface area contributed by atoms with Gasteiger partial charge in [0.15, 0.2) is 5.13 Å². The van der Waals surface area contributed by atoms with Gasteiger partial charge in [-0.15, -0.1) is 11.3 Å². The van der Waals surface area contributed by atoms with E-state index in [1.54, 1.807) is 42.2 Å². The van der Waals surface area contributed by atoms with Crippen molar-refractivity contribution in [1.29, 1.82) is 0 Å². The van der Waals surface area contributed by atoms with Crippen LogP contribution in [0, 0.1) is 0 Å². The molecule has 3 aromatic rings. The van der Waals surface area contributed by atoms with Crippen LogP contribution in [-0.2, 0) is 10.0 Å². The standard InChI is InChI=1S/C12H9N3O2S2/c16-19(17,15-12-14-6-7-18-12)11-3-1-2-9-8-13-5-4-10(9)11/h1-8H,(H,14,15). The smallest absolute Gasteiger partial charge is 0.264 e. The normalized spacial score (nSPS) is 11.6. The minimum atomic E-state index is -3.64. The highest BCUT2D eigenvalue weighted by Gasteiger charge is 2.18. The first-order valence-corrected chi connectivity index (χ1v) is 7.78. The third-order valence-electron chi connectivity index (χ3n) is 2.58. The number of thiazole rings is 1. The maximum Gasteiger partial charge on any atom is 0.264 e. The Morgan fingerprint density at radius 2 is 2.05 bits per heavy atom. The van der Waals surface area contributed by atoms with Gasteiger partial charge >= 0.3 is 0 Å². The summed E-state index contributed by atoms with van der Waals surface area (Å²) in [5, 5.41) is 3.49. The van der Waals surface area contributed by atoms with Crippen molar-refractivity contribution in [3.05, 3.63) is 48.2 Å². The molecule has 0 spiro atoms. The molecule has 5 nitrogen and oxygen atoms in total. The van der Waals surface area contributed by atoms with E-state index < -0.39 is 10.0 Å². The lowest BCUT2D eigenvalue weighted by atomic mass is 10.2. The molecule has 2 heterocycles. The predicted octanol–water partition coefficient (Wildman–Crippen LogP) is 2.49. The molecular formula is C12H9N3O2S2. The Morgan fingerprint density at radius 3 is 2.84 bits per heavy atom. The third-order valence-corrected chi connectivity index (χ3v) is 4.80. The lowest BCUT2D eigenvalue weighted by Gasteiger charge is -2.08. The van der Waals surface area contributed by atoms with Crippen LogP contribution in [-0.4, -0.2) is 18.4 Å². The second-order valence-electron chi connectivity index (χ2n) is 3.80. The summed E-state index contributed by atoms with van der Waals surface area (Å²) >= 11 is 1.24. The number of rotatable bonds is 3. The highest BCUT2D eigenvalue weighted by molar-refractivity contribution is 7.93. The van der Waals surface area contributed by atoms with Crippen LogP contribution in [0.15, 0.2) is 53.1 Å². The number of fused-ring (bicyclic) bond motifs is 1. The summed E-state index contributed by atoms with van der Waals surface area (Å²) in [5.74, 6) is 0. The number of pyridine rings is 1. The zero-order chi connectivity index (χ0) is 13.3. The Labute approximate surface area is 114 Å². The summed E-state index contributed by atoms with van der Waals surface area (Å²) < 4.78 is 27.2. The van der Waals surface area contributed by atoms with Crippen LogP contribution in [0.5, 0.6) is 0 Å². The minimum absolute atomic E-state index is 0.225. The van der Waals surface area contributed by atoms with Gasteiger partial charge in [0, 0.05) is 34.7 Å². The van der Waals surface area contributed by atoms with Gasteiger partial charge in [0.1, 0.15) is 0 Å². The SMILES string of the molecule is O=S(=O)(Nc1nccs1)c1cccc2cnccc12. The average molecular weight is 291 g/mol. The van der Waals surface area contributed by atoms with Gasteiger partial charge in [-0.3, -0.25) is 9.71 Å². The summed E-state index contributed by atoms with van der Waals surface area (Å²) in [5.41, 5.74) is 0. The van der Waals surface area contributed by atoms with Crippen molar-refractivity contribution in [2.75, 3.05) is 4.72 Å². The minimum Gasteiger partial charge on any atom is -0.264 e. The molecule has 0 radical (unpaired) electrons. The number of anilines is 1. The predicted molar refractivity (Wildman–Crippen MR) is 74.7 cm³/mol. The molecule has 7 heteroatoms. The molecule has 1 N–H and O–H groups in total. The molecule has 0 saturated heterocycles. The molecule has 19 heavy (non-hydrogen) atoms. The first-order chi connectivity index (χ1) is 9.17. The first kappa shape index (κ1) is 12.1. The highest BCUT2D eigenvalue weighted by atomic mass is 32.2. The maximum absolute atomic E-state index is 12.3. The van der Waals surface area contributed by atoms with Gasteiger partial charge < -0.3 is 0 Å². The average Bonchev–Trinajstić information content (AvgIpc) is 2.90. The van der Waals surface area contributed by atoms with Crippen molar-refractivity contribution in [3.8, 4) is 0 Å². The molecule has 1 aromatic carbocycles. The van der Waals surface area contributed by atoms with Gasteiger partial charge in [-0.25, -0.2) is 13.4 Å². The second-order valence-corrected chi connectivity index (χ2v) is 6.34. The number of hydrogen-bond acceptors (Lipinski definition) is 5. The van der Waals surface area contributed by atoms with Crippen LogP contribution in [0.25, 0.3) is 10.8 Å². The summed E-state index contributed by atoms with van der Waals surface area (Å²) in [6.07, 6.45) is 4.76. The molecule has 0 aliphatic carbocycles. The largest absolute Gasteiger partial charge is 0.264 e. The fraction of sp³-hybridized carbons (Fsp3) is 0. The van der Waals surface area contributed by atoms with Crippen molar-refractivity contribution in [1.82, 2.24) is 9.97 Å². The van der Waals surface area contributed by atoms with Crippen LogP contribution < -0.4 is 4.72 Å². The van der Waals surface area contributed by atoms with E-state index in [1.807, 2.05) is 6.07 Å². The quantitative estimate of drug-likeness (QED) is 0.804. The number of nitrogens with one attached hydrogen (secondary N) is 1. The maximum atomic E-state index is 12.3. The topological polar surface area (TPSA) is 72.0 Å². The molecular weight excluding hydrogens is 282 g/mol. The van der Waals surface area contributed by atoms with E-state index in [1.165, 1.54) is 11.3 Å². The fourth-order valence-electron chi connectivity index (χ4n) is 1.77. The Balaban J connectivity index is 2.13. The Morgan fingerprint density at radius 1 is 1.16 bits per heavy atom. The molecule has 2 aromatic heterocycles. The van der Waals surface area contributed by atoms with Crippen LogP contribution in [0.4, 0.5) is 5.13 Å². The van der Waals surface area contributed by atoms with E-state index in [2.05, 4.69) is 14.7 Å². The van der Waals surface area contributed by atoms with Crippen LogP contribution >= 0.6 is 11.3 Å². The summed E-state index contributed by atoms with van der Waals surface area (Å²) in [4.78, 5) is 8.13. The molecule has 0 saturated carbocycles. The number of hydrogen-bond donors (Lipinski definition) is 1. The van der Waals surface area contributed by atoms with Crippen molar-refractivity contribution >= 4 is 37.3 Å². The monoisotopic (exact) mass is 291 g/mol. The Kier molecular flexibility index (Phi) is 2.92. The molecule has 0 aliphatic heterocycles. The molecule has 0 bridgehead atoms. The van der Waals surface area contributed by atoms with Gasteiger partial charge in [0.25, 0.3) is 10.0 Å². The van der Waals surface area contributed by atoms with Crippen molar-refractivity contribution in [2.45, 2.75) is 4.90 Å². The molecule has 3 rings (SSSR count). The van der Waals surface area contributed by atoms with E-state index in [0.29, 0.717) is 10.5 Å². The lowest BCUT2D eigenvalue weighted by molar-refractivity contribution is 0.602. The Bertz CT molecular complexity index is 809. The van der Waals surface area contributed by atoms with E-state index >= 15 is 0 Å². The van der Waals surface area contributed by atoms with Gasteiger partial charge in [-0.05, 0) is 12.1 Å². The fourth-order valence-corrected chi connectivity index (χ4v) is 3.79. The summed E-state index contributed by atoms with van der Waals surface area (Å²) in [6.45, 7) is 0. The third kappa shape index (κ3) is 2.29. The molecule has 0 fully saturated rings. The van der Waals surface area contributed by atoms with E-state index in [0.717, 1.165) is 5.39 Å². The number of nitrogens with zero attached hydrogens (tertiary/aromatic N) is 2. The summed E-state index contributed by atoms with van der Waals surface area (Å²) in [7, 11) is -3.64. The molecule has 0 atom stereocenters. The van der Waals surface area contributed by atoms with Gasteiger partial charge in [-0.2, -0.15) is 0 Å². The van der Waals surface area contributed by atoms with Gasteiger partial charge in [0.2, 0.25) is 0 Å². The molecule has 0 unspecified atom stereocenters. The van der Waals surface area contributed by atoms with E-state index in [9.17, 15) is 8.42 Å². The first-order valence-electron chi connectivity index (χ1n) is 5.42. The van der Waals surface area contributed by atoms with Crippen molar-refractivity contribution in [2.24, 2.45) is 0 Å². The van der Waals surface area contributed by atoms with Crippen molar-refractivity contribution in [3.63, 3.8) is 0 Å². The number of benzene rings is 1. The lowest BCUT2D eigenvalue weighted by Crippen LogP contribution is -2.13. The van der Waals surface area contributed by atoms with Crippen LogP contribution in [0.1, 0.15) is 0 Å². The number of aromatic nitrogens is 2. The van der Waals surface area contributed by atoms with Gasteiger partial charge in [0.05, 0.1) is 4.90 Å². The van der Waals surface area contributed by atoms with E-state index in [-0.39, 0.29) is 4.90 Å². The zero-order valence-corrected chi connectivity index (χ0v) is 11.3.